The minimum absolute atomic E-state index is 0.0512. The van der Waals surface area contributed by atoms with E-state index >= 15 is 0 Å². The molecule has 1 aromatic heterocycles. The van der Waals surface area contributed by atoms with Crippen LogP contribution in [0.2, 0.25) is 0 Å². The highest BCUT2D eigenvalue weighted by atomic mass is 32.2. The number of anilines is 1. The predicted molar refractivity (Wildman–Crippen MR) is 110 cm³/mol. The zero-order valence-corrected chi connectivity index (χ0v) is 17.4. The molecule has 0 spiro atoms. The van der Waals surface area contributed by atoms with E-state index in [2.05, 4.69) is 10.4 Å². The molecular formula is C20H22N4O4S. The molecule has 0 aliphatic heterocycles. The number of para-hydroxylation sites is 1. The summed E-state index contributed by atoms with van der Waals surface area (Å²) < 4.78 is 32.9. The zero-order valence-electron chi connectivity index (χ0n) is 16.6. The molecule has 0 aliphatic rings. The van der Waals surface area contributed by atoms with Crippen LogP contribution < -0.4 is 10.1 Å². The summed E-state index contributed by atoms with van der Waals surface area (Å²) >= 11 is 0. The Kier molecular flexibility index (Phi) is 5.71. The molecule has 152 valence electrons. The molecule has 1 heterocycles. The molecule has 0 unspecified atom stereocenters. The number of nitrogens with one attached hydrogen (secondary N) is 1. The van der Waals surface area contributed by atoms with Crippen molar-refractivity contribution in [3.05, 3.63) is 66.0 Å². The molecule has 1 N–H and O–H groups in total. The van der Waals surface area contributed by atoms with Crippen LogP contribution in [-0.2, 0) is 10.0 Å². The van der Waals surface area contributed by atoms with E-state index in [1.165, 1.54) is 45.6 Å². The van der Waals surface area contributed by atoms with Crippen molar-refractivity contribution in [3.8, 4) is 11.4 Å². The van der Waals surface area contributed by atoms with Gasteiger partial charge in [0.15, 0.2) is 0 Å². The minimum Gasteiger partial charge on any atom is -0.495 e. The minimum atomic E-state index is -3.65. The molecule has 0 saturated carbocycles. The summed E-state index contributed by atoms with van der Waals surface area (Å²) in [5, 5.41) is 7.03. The third-order valence-corrected chi connectivity index (χ3v) is 6.26. The fourth-order valence-corrected chi connectivity index (χ4v) is 3.74. The number of nitrogens with zero attached hydrogens (tertiary/aromatic N) is 3. The van der Waals surface area contributed by atoms with Crippen LogP contribution in [0.5, 0.6) is 5.75 Å². The maximum Gasteiger partial charge on any atom is 0.259 e. The number of rotatable bonds is 6. The summed E-state index contributed by atoms with van der Waals surface area (Å²) in [5.41, 5.74) is 2.12. The normalized spacial score (nSPS) is 11.5. The lowest BCUT2D eigenvalue weighted by Gasteiger charge is -2.15. The van der Waals surface area contributed by atoms with E-state index < -0.39 is 15.9 Å². The van der Waals surface area contributed by atoms with Gasteiger partial charge in [0, 0.05) is 14.1 Å². The highest BCUT2D eigenvalue weighted by Gasteiger charge is 2.21. The van der Waals surface area contributed by atoms with Crippen LogP contribution in [-0.4, -0.2) is 49.6 Å². The van der Waals surface area contributed by atoms with Gasteiger partial charge < -0.3 is 10.1 Å². The summed E-state index contributed by atoms with van der Waals surface area (Å²) in [7, 11) is 0.681. The molecule has 0 bridgehead atoms. The van der Waals surface area contributed by atoms with Crippen LogP contribution in [0.15, 0.2) is 59.6 Å². The largest absolute Gasteiger partial charge is 0.495 e. The SMILES string of the molecule is COc1ccc(S(=O)(=O)N(C)C)cc1NC(=O)c1cnn(-c2ccccc2)c1C. The number of hydrogen-bond donors (Lipinski definition) is 1. The Hall–Kier alpha value is -3.17. The number of carbonyl (C=O) groups excluding carboxylic acids is 1. The second-order valence-corrected chi connectivity index (χ2v) is 8.65. The summed E-state index contributed by atoms with van der Waals surface area (Å²) in [6, 6.07) is 13.8. The Bertz CT molecular complexity index is 1140. The van der Waals surface area contributed by atoms with Gasteiger partial charge in [0.25, 0.3) is 5.91 Å². The van der Waals surface area contributed by atoms with Gasteiger partial charge in [0.1, 0.15) is 5.75 Å². The van der Waals surface area contributed by atoms with Crippen LogP contribution in [0.1, 0.15) is 16.1 Å². The molecular weight excluding hydrogens is 392 g/mol. The number of hydrogen-bond acceptors (Lipinski definition) is 5. The Morgan fingerprint density at radius 2 is 1.83 bits per heavy atom. The molecule has 0 atom stereocenters. The van der Waals surface area contributed by atoms with E-state index in [9.17, 15) is 13.2 Å². The molecule has 8 nitrogen and oxygen atoms in total. The monoisotopic (exact) mass is 414 g/mol. The van der Waals surface area contributed by atoms with Crippen molar-refractivity contribution in [2.24, 2.45) is 0 Å². The third kappa shape index (κ3) is 4.01. The zero-order chi connectivity index (χ0) is 21.2. The van der Waals surface area contributed by atoms with Crippen LogP contribution >= 0.6 is 0 Å². The molecule has 29 heavy (non-hydrogen) atoms. The molecule has 3 rings (SSSR count). The third-order valence-electron chi connectivity index (χ3n) is 4.45. The molecule has 9 heteroatoms. The summed E-state index contributed by atoms with van der Waals surface area (Å²) in [6.45, 7) is 1.79. The van der Waals surface area contributed by atoms with Crippen molar-refractivity contribution < 1.29 is 17.9 Å². The molecule has 3 aromatic rings. The Morgan fingerprint density at radius 3 is 2.45 bits per heavy atom. The average Bonchev–Trinajstić information content (AvgIpc) is 3.10. The van der Waals surface area contributed by atoms with E-state index in [-0.39, 0.29) is 10.6 Å². The highest BCUT2D eigenvalue weighted by molar-refractivity contribution is 7.89. The number of carbonyl (C=O) groups is 1. The van der Waals surface area contributed by atoms with Gasteiger partial charge in [-0.1, -0.05) is 18.2 Å². The molecule has 0 saturated heterocycles. The lowest BCUT2D eigenvalue weighted by molar-refractivity contribution is 0.102. The Labute approximate surface area is 169 Å². The summed E-state index contributed by atoms with van der Waals surface area (Å²) in [6.07, 6.45) is 1.48. The number of methoxy groups -OCH3 is 1. The van der Waals surface area contributed by atoms with E-state index in [4.69, 9.17) is 4.74 Å². The smallest absolute Gasteiger partial charge is 0.259 e. The molecule has 0 aliphatic carbocycles. The van der Waals surface area contributed by atoms with Gasteiger partial charge in [-0.2, -0.15) is 5.10 Å². The van der Waals surface area contributed by atoms with Crippen LogP contribution in [0.3, 0.4) is 0 Å². The lowest BCUT2D eigenvalue weighted by Crippen LogP contribution is -2.22. The van der Waals surface area contributed by atoms with E-state index in [1.807, 2.05) is 30.3 Å². The lowest BCUT2D eigenvalue weighted by atomic mass is 10.2. The van der Waals surface area contributed by atoms with E-state index in [0.29, 0.717) is 17.0 Å². The number of amides is 1. The molecule has 2 aromatic carbocycles. The summed E-state index contributed by atoms with van der Waals surface area (Å²) in [5.74, 6) is -0.0634. The topological polar surface area (TPSA) is 93.5 Å². The Balaban J connectivity index is 1.94. The van der Waals surface area contributed by atoms with Crippen molar-refractivity contribution >= 4 is 21.6 Å². The number of ether oxygens (including phenoxy) is 1. The number of aromatic nitrogens is 2. The van der Waals surface area contributed by atoms with E-state index in [0.717, 1.165) is 9.99 Å². The average molecular weight is 414 g/mol. The first-order chi connectivity index (χ1) is 13.8. The van der Waals surface area contributed by atoms with Crippen molar-refractivity contribution in [3.63, 3.8) is 0 Å². The maximum atomic E-state index is 12.9. The van der Waals surface area contributed by atoms with Crippen LogP contribution in [0.25, 0.3) is 5.69 Å². The van der Waals surface area contributed by atoms with Gasteiger partial charge >= 0.3 is 0 Å². The van der Waals surface area contributed by atoms with Gasteiger partial charge in [-0.05, 0) is 37.3 Å². The van der Waals surface area contributed by atoms with E-state index in [1.54, 1.807) is 11.6 Å². The predicted octanol–water partition coefficient (Wildman–Crippen LogP) is 2.69. The van der Waals surface area contributed by atoms with Gasteiger partial charge in [-0.15, -0.1) is 0 Å². The first-order valence-corrected chi connectivity index (χ1v) is 10.2. The first-order valence-electron chi connectivity index (χ1n) is 8.77. The Morgan fingerprint density at radius 1 is 1.14 bits per heavy atom. The van der Waals surface area contributed by atoms with Crippen LogP contribution in [0, 0.1) is 6.92 Å². The van der Waals surface area contributed by atoms with Gasteiger partial charge in [-0.25, -0.2) is 17.4 Å². The van der Waals surface area contributed by atoms with Gasteiger partial charge in [0.2, 0.25) is 10.0 Å². The second kappa shape index (κ2) is 8.06. The fourth-order valence-electron chi connectivity index (χ4n) is 2.81. The summed E-state index contributed by atoms with van der Waals surface area (Å²) in [4.78, 5) is 12.9. The highest BCUT2D eigenvalue weighted by Crippen LogP contribution is 2.29. The molecule has 1 amide bonds. The number of sulfonamides is 1. The fraction of sp³-hybridized carbons (Fsp3) is 0.200. The van der Waals surface area contributed by atoms with Crippen molar-refractivity contribution in [1.82, 2.24) is 14.1 Å². The van der Waals surface area contributed by atoms with Crippen molar-refractivity contribution in [1.29, 1.82) is 0 Å². The molecule has 0 fully saturated rings. The first kappa shape index (κ1) is 20.6. The standard InChI is InChI=1S/C20H22N4O4S/c1-14-17(13-21-24(14)15-8-6-5-7-9-15)20(25)22-18-12-16(10-11-19(18)28-4)29(26,27)23(2)3/h5-13H,1-4H3,(H,22,25). The van der Waals surface area contributed by atoms with Crippen molar-refractivity contribution in [2.45, 2.75) is 11.8 Å². The quantitative estimate of drug-likeness (QED) is 0.669. The van der Waals surface area contributed by atoms with Gasteiger partial charge in [-0.3, -0.25) is 4.79 Å². The maximum absolute atomic E-state index is 12.9. The van der Waals surface area contributed by atoms with Gasteiger partial charge in [0.05, 0.1) is 40.8 Å². The van der Waals surface area contributed by atoms with Crippen LogP contribution in [0.4, 0.5) is 5.69 Å². The molecule has 0 radical (unpaired) electrons. The number of benzene rings is 2. The van der Waals surface area contributed by atoms with Crippen molar-refractivity contribution in [2.75, 3.05) is 26.5 Å². The second-order valence-electron chi connectivity index (χ2n) is 6.49.